The van der Waals surface area contributed by atoms with Gasteiger partial charge in [-0.1, -0.05) is 6.92 Å². The number of aryl methyl sites for hydroxylation is 2. The predicted molar refractivity (Wildman–Crippen MR) is 75.2 cm³/mol. The Labute approximate surface area is 117 Å². The van der Waals surface area contributed by atoms with E-state index >= 15 is 0 Å². The van der Waals surface area contributed by atoms with Crippen molar-refractivity contribution in [3.63, 3.8) is 0 Å². The number of hydrogen-bond acceptors (Lipinski definition) is 4. The number of rotatable bonds is 4. The van der Waals surface area contributed by atoms with Gasteiger partial charge < -0.3 is 15.2 Å². The second-order valence-corrected chi connectivity index (χ2v) is 4.35. The first-order valence-electron chi connectivity index (χ1n) is 6.26. The molecule has 0 fully saturated rings. The van der Waals surface area contributed by atoms with Gasteiger partial charge in [0, 0.05) is 13.2 Å². The maximum atomic E-state index is 12.2. The molecule has 6 heteroatoms. The molecule has 0 atom stereocenters. The second kappa shape index (κ2) is 5.64. The molecule has 1 aromatic heterocycles. The number of benzene rings is 1. The van der Waals surface area contributed by atoms with Crippen LogP contribution in [0.15, 0.2) is 24.4 Å². The SMILES string of the molecule is CCc1nn(C)cc1NC(=O)c1cc(OC)ccc1O. The average molecular weight is 275 g/mol. The number of anilines is 1. The summed E-state index contributed by atoms with van der Waals surface area (Å²) in [6.45, 7) is 1.96. The minimum absolute atomic E-state index is 0.0924. The van der Waals surface area contributed by atoms with E-state index in [9.17, 15) is 9.90 Å². The maximum absolute atomic E-state index is 12.2. The highest BCUT2D eigenvalue weighted by Crippen LogP contribution is 2.24. The van der Waals surface area contributed by atoms with Crippen LogP contribution in [0.4, 0.5) is 5.69 Å². The molecule has 20 heavy (non-hydrogen) atoms. The summed E-state index contributed by atoms with van der Waals surface area (Å²) >= 11 is 0. The minimum Gasteiger partial charge on any atom is -0.507 e. The smallest absolute Gasteiger partial charge is 0.259 e. The minimum atomic E-state index is -0.399. The molecule has 106 valence electrons. The van der Waals surface area contributed by atoms with Crippen LogP contribution in [0.25, 0.3) is 0 Å². The zero-order valence-electron chi connectivity index (χ0n) is 11.7. The van der Waals surface area contributed by atoms with Gasteiger partial charge in [-0.3, -0.25) is 9.48 Å². The molecule has 1 heterocycles. The van der Waals surface area contributed by atoms with Crippen molar-refractivity contribution in [2.75, 3.05) is 12.4 Å². The lowest BCUT2D eigenvalue weighted by Gasteiger charge is -2.08. The van der Waals surface area contributed by atoms with E-state index in [1.165, 1.54) is 19.2 Å². The number of amides is 1. The molecule has 6 nitrogen and oxygen atoms in total. The van der Waals surface area contributed by atoms with E-state index in [0.29, 0.717) is 17.9 Å². The van der Waals surface area contributed by atoms with Crippen molar-refractivity contribution in [3.8, 4) is 11.5 Å². The highest BCUT2D eigenvalue weighted by atomic mass is 16.5. The summed E-state index contributed by atoms with van der Waals surface area (Å²) in [5.41, 5.74) is 1.60. The number of methoxy groups -OCH3 is 1. The number of carbonyl (C=O) groups excluding carboxylic acids is 1. The molecular weight excluding hydrogens is 258 g/mol. The summed E-state index contributed by atoms with van der Waals surface area (Å²) in [7, 11) is 3.29. The van der Waals surface area contributed by atoms with Gasteiger partial charge in [-0.2, -0.15) is 5.10 Å². The van der Waals surface area contributed by atoms with E-state index in [-0.39, 0.29) is 11.3 Å². The molecule has 0 radical (unpaired) electrons. The summed E-state index contributed by atoms with van der Waals surface area (Å²) in [6.07, 6.45) is 2.44. The lowest BCUT2D eigenvalue weighted by Crippen LogP contribution is -2.13. The first kappa shape index (κ1) is 13.9. The Morgan fingerprint density at radius 1 is 1.50 bits per heavy atom. The lowest BCUT2D eigenvalue weighted by molar-refractivity contribution is 0.102. The van der Waals surface area contributed by atoms with Crippen LogP contribution >= 0.6 is 0 Å². The number of aromatic nitrogens is 2. The molecule has 0 spiro atoms. The Balaban J connectivity index is 2.27. The zero-order chi connectivity index (χ0) is 14.7. The molecule has 2 rings (SSSR count). The van der Waals surface area contributed by atoms with Crippen LogP contribution in [0.5, 0.6) is 11.5 Å². The van der Waals surface area contributed by atoms with Crippen molar-refractivity contribution < 1.29 is 14.6 Å². The van der Waals surface area contributed by atoms with Crippen molar-refractivity contribution in [1.29, 1.82) is 0 Å². The molecule has 0 unspecified atom stereocenters. The van der Waals surface area contributed by atoms with Crippen LogP contribution < -0.4 is 10.1 Å². The van der Waals surface area contributed by atoms with E-state index in [1.807, 2.05) is 6.92 Å². The monoisotopic (exact) mass is 275 g/mol. The summed E-state index contributed by atoms with van der Waals surface area (Å²) < 4.78 is 6.69. The summed E-state index contributed by atoms with van der Waals surface area (Å²) in [4.78, 5) is 12.2. The van der Waals surface area contributed by atoms with Crippen LogP contribution in [0, 0.1) is 0 Å². The molecule has 0 saturated carbocycles. The Morgan fingerprint density at radius 2 is 2.25 bits per heavy atom. The number of carbonyl (C=O) groups is 1. The Bertz CT molecular complexity index is 635. The molecule has 0 aliphatic heterocycles. The third-order valence-corrected chi connectivity index (χ3v) is 2.94. The highest BCUT2D eigenvalue weighted by molar-refractivity contribution is 6.06. The standard InChI is InChI=1S/C14H17N3O3/c1-4-11-12(8-17(2)16-11)15-14(19)10-7-9(20-3)5-6-13(10)18/h5-8,18H,4H2,1-3H3,(H,15,19). The molecule has 0 saturated heterocycles. The van der Waals surface area contributed by atoms with Gasteiger partial charge in [-0.25, -0.2) is 0 Å². The van der Waals surface area contributed by atoms with Crippen molar-refractivity contribution in [2.24, 2.45) is 7.05 Å². The van der Waals surface area contributed by atoms with E-state index < -0.39 is 5.91 Å². The Kier molecular flexibility index (Phi) is 3.93. The summed E-state index contributed by atoms with van der Waals surface area (Å²) in [5.74, 6) is 0.0178. The van der Waals surface area contributed by atoms with E-state index in [4.69, 9.17) is 4.74 Å². The Hall–Kier alpha value is -2.50. The van der Waals surface area contributed by atoms with Crippen molar-refractivity contribution in [2.45, 2.75) is 13.3 Å². The number of nitrogens with zero attached hydrogens (tertiary/aromatic N) is 2. The first-order valence-corrected chi connectivity index (χ1v) is 6.26. The molecule has 0 bridgehead atoms. The van der Waals surface area contributed by atoms with Crippen molar-refractivity contribution in [1.82, 2.24) is 9.78 Å². The molecular formula is C14H17N3O3. The maximum Gasteiger partial charge on any atom is 0.259 e. The van der Waals surface area contributed by atoms with Gasteiger partial charge in [0.2, 0.25) is 0 Å². The number of hydrogen-bond donors (Lipinski definition) is 2. The van der Waals surface area contributed by atoms with E-state index in [0.717, 1.165) is 5.69 Å². The summed E-state index contributed by atoms with van der Waals surface area (Å²) in [5, 5.41) is 16.8. The van der Waals surface area contributed by atoms with Crippen molar-refractivity contribution in [3.05, 3.63) is 35.7 Å². The second-order valence-electron chi connectivity index (χ2n) is 4.35. The topological polar surface area (TPSA) is 76.4 Å². The number of aromatic hydroxyl groups is 1. The van der Waals surface area contributed by atoms with Crippen LogP contribution in [-0.4, -0.2) is 27.9 Å². The van der Waals surface area contributed by atoms with Crippen LogP contribution in [-0.2, 0) is 13.5 Å². The lowest BCUT2D eigenvalue weighted by atomic mass is 10.1. The van der Waals surface area contributed by atoms with Gasteiger partial charge in [-0.05, 0) is 24.6 Å². The fourth-order valence-electron chi connectivity index (χ4n) is 1.91. The summed E-state index contributed by atoms with van der Waals surface area (Å²) in [6, 6.07) is 4.51. The van der Waals surface area contributed by atoms with Gasteiger partial charge in [0.05, 0.1) is 24.1 Å². The number of phenols is 1. The highest BCUT2D eigenvalue weighted by Gasteiger charge is 2.15. The molecule has 2 N–H and O–H groups in total. The molecule has 1 amide bonds. The van der Waals surface area contributed by atoms with Crippen LogP contribution in [0.1, 0.15) is 23.0 Å². The molecule has 1 aromatic carbocycles. The third-order valence-electron chi connectivity index (χ3n) is 2.94. The van der Waals surface area contributed by atoms with Gasteiger partial charge in [0.15, 0.2) is 0 Å². The quantitative estimate of drug-likeness (QED) is 0.894. The van der Waals surface area contributed by atoms with Crippen molar-refractivity contribution >= 4 is 11.6 Å². The molecule has 0 aliphatic carbocycles. The average Bonchev–Trinajstić information content (AvgIpc) is 2.79. The number of phenolic OH excluding ortho intramolecular Hbond substituents is 1. The van der Waals surface area contributed by atoms with Crippen LogP contribution in [0.3, 0.4) is 0 Å². The number of ether oxygens (including phenoxy) is 1. The zero-order valence-corrected chi connectivity index (χ0v) is 11.7. The van der Waals surface area contributed by atoms with Crippen LogP contribution in [0.2, 0.25) is 0 Å². The largest absolute Gasteiger partial charge is 0.507 e. The molecule has 2 aromatic rings. The van der Waals surface area contributed by atoms with E-state index in [1.54, 1.807) is 24.0 Å². The first-order chi connectivity index (χ1) is 9.55. The third kappa shape index (κ3) is 2.74. The Morgan fingerprint density at radius 3 is 2.90 bits per heavy atom. The van der Waals surface area contributed by atoms with Gasteiger partial charge >= 0.3 is 0 Å². The molecule has 0 aliphatic rings. The normalized spacial score (nSPS) is 10.3. The number of nitrogens with one attached hydrogen (secondary N) is 1. The van der Waals surface area contributed by atoms with Gasteiger partial charge in [-0.15, -0.1) is 0 Å². The van der Waals surface area contributed by atoms with Gasteiger partial charge in [0.25, 0.3) is 5.91 Å². The fraction of sp³-hybridized carbons (Fsp3) is 0.286. The van der Waals surface area contributed by atoms with E-state index in [2.05, 4.69) is 10.4 Å². The predicted octanol–water partition coefficient (Wildman–Crippen LogP) is 1.95. The van der Waals surface area contributed by atoms with Gasteiger partial charge in [0.1, 0.15) is 11.5 Å². The fourth-order valence-corrected chi connectivity index (χ4v) is 1.91.